The minimum absolute atomic E-state index is 0.157. The molecule has 6 nitrogen and oxygen atoms in total. The highest BCUT2D eigenvalue weighted by molar-refractivity contribution is 5.72. The first-order valence-electron chi connectivity index (χ1n) is 11.5. The number of carbonyl (C=O) groups is 2. The minimum Gasteiger partial charge on any atom is -0.469 e. The number of nitrogens with zero attached hydrogens (tertiary/aromatic N) is 1. The Morgan fingerprint density at radius 3 is 2.53 bits per heavy atom. The molecule has 0 amide bonds. The largest absolute Gasteiger partial charge is 0.469 e. The van der Waals surface area contributed by atoms with E-state index >= 15 is 0 Å². The van der Waals surface area contributed by atoms with Gasteiger partial charge in [-0.1, -0.05) is 35.5 Å². The zero-order chi connectivity index (χ0) is 23.1. The third-order valence-corrected chi connectivity index (χ3v) is 6.04. The Morgan fingerprint density at radius 2 is 1.88 bits per heavy atom. The average Bonchev–Trinajstić information content (AvgIpc) is 3.18. The number of hydrogen-bond acceptors (Lipinski definition) is 6. The summed E-state index contributed by atoms with van der Waals surface area (Å²) in [5.74, 6) is 1.11. The van der Waals surface area contributed by atoms with Crippen LogP contribution in [0.25, 0.3) is 0 Å². The molecule has 0 unspecified atom stereocenters. The monoisotopic (exact) mass is 441 g/mol. The van der Waals surface area contributed by atoms with Crippen molar-refractivity contribution in [3.05, 3.63) is 53.4 Å². The third kappa shape index (κ3) is 7.21. The predicted octanol–water partition coefficient (Wildman–Crippen LogP) is 5.57. The number of benzene rings is 1. The third-order valence-electron chi connectivity index (χ3n) is 6.04. The predicted molar refractivity (Wildman–Crippen MR) is 121 cm³/mol. The van der Waals surface area contributed by atoms with Gasteiger partial charge >= 0.3 is 11.9 Å². The van der Waals surface area contributed by atoms with Gasteiger partial charge < -0.3 is 14.0 Å². The van der Waals surface area contributed by atoms with Crippen molar-refractivity contribution >= 4 is 11.9 Å². The molecule has 6 heteroatoms. The first-order chi connectivity index (χ1) is 15.2. The van der Waals surface area contributed by atoms with E-state index in [1.165, 1.54) is 19.1 Å². The maximum Gasteiger partial charge on any atom is 0.306 e. The Morgan fingerprint density at radius 1 is 1.16 bits per heavy atom. The van der Waals surface area contributed by atoms with Gasteiger partial charge in [0.1, 0.15) is 11.4 Å². The van der Waals surface area contributed by atoms with Gasteiger partial charge in [-0.3, -0.25) is 9.59 Å². The Hall–Kier alpha value is -2.63. The quantitative estimate of drug-likeness (QED) is 0.449. The van der Waals surface area contributed by atoms with E-state index in [2.05, 4.69) is 29.4 Å². The Kier molecular flexibility index (Phi) is 8.10. The smallest absolute Gasteiger partial charge is 0.306 e. The maximum atomic E-state index is 12.4. The number of methoxy groups -OCH3 is 1. The number of hydrogen-bond donors (Lipinski definition) is 0. The number of rotatable bonds is 10. The first-order valence-corrected chi connectivity index (χ1v) is 11.5. The Balaban J connectivity index is 1.55. The van der Waals surface area contributed by atoms with Gasteiger partial charge in [-0.15, -0.1) is 0 Å². The molecule has 1 atom stereocenters. The summed E-state index contributed by atoms with van der Waals surface area (Å²) in [5, 5.41) is 4.26. The van der Waals surface area contributed by atoms with Crippen LogP contribution in [0.1, 0.15) is 88.1 Å². The van der Waals surface area contributed by atoms with E-state index in [0.29, 0.717) is 24.0 Å². The lowest BCUT2D eigenvalue weighted by Crippen LogP contribution is -2.25. The highest BCUT2D eigenvalue weighted by Gasteiger charge is 2.34. The van der Waals surface area contributed by atoms with Crippen LogP contribution in [0.2, 0.25) is 0 Å². The summed E-state index contributed by atoms with van der Waals surface area (Å²) in [6, 6.07) is 12.5. The molecule has 1 aliphatic rings. The number of aryl methyl sites for hydroxylation is 1. The van der Waals surface area contributed by atoms with Crippen molar-refractivity contribution in [1.29, 1.82) is 0 Å². The fraction of sp³-hybridized carbons (Fsp3) is 0.577. The molecule has 2 aromatic rings. The molecule has 174 valence electrons. The van der Waals surface area contributed by atoms with E-state index in [0.717, 1.165) is 25.0 Å². The molecule has 0 spiro atoms. The Bertz CT molecular complexity index is 877. The molecule has 1 aromatic heterocycles. The highest BCUT2D eigenvalue weighted by atomic mass is 16.6. The van der Waals surface area contributed by atoms with Crippen LogP contribution in [-0.2, 0) is 25.5 Å². The molecule has 32 heavy (non-hydrogen) atoms. The molecule has 0 bridgehead atoms. The van der Waals surface area contributed by atoms with Crippen LogP contribution in [0.3, 0.4) is 0 Å². The summed E-state index contributed by atoms with van der Waals surface area (Å²) in [7, 11) is 1.37. The summed E-state index contributed by atoms with van der Waals surface area (Å²) < 4.78 is 15.9. The van der Waals surface area contributed by atoms with Gasteiger partial charge in [-0.2, -0.15) is 0 Å². The van der Waals surface area contributed by atoms with Crippen LogP contribution in [0.4, 0.5) is 0 Å². The van der Waals surface area contributed by atoms with E-state index in [1.807, 2.05) is 32.9 Å². The van der Waals surface area contributed by atoms with Crippen LogP contribution < -0.4 is 0 Å². The normalized spacial score (nSPS) is 19.1. The number of aromatic nitrogens is 1. The van der Waals surface area contributed by atoms with Gasteiger partial charge in [0.2, 0.25) is 0 Å². The molecule has 3 rings (SSSR count). The topological polar surface area (TPSA) is 78.6 Å². The van der Waals surface area contributed by atoms with Crippen molar-refractivity contribution in [2.75, 3.05) is 7.11 Å². The van der Waals surface area contributed by atoms with Crippen molar-refractivity contribution < 1.29 is 23.6 Å². The molecule has 1 aromatic carbocycles. The molecule has 1 fully saturated rings. The van der Waals surface area contributed by atoms with Crippen LogP contribution >= 0.6 is 0 Å². The van der Waals surface area contributed by atoms with E-state index in [-0.39, 0.29) is 30.7 Å². The van der Waals surface area contributed by atoms with Crippen LogP contribution in [0.15, 0.2) is 40.9 Å². The molecular weight excluding hydrogens is 406 g/mol. The van der Waals surface area contributed by atoms with E-state index in [9.17, 15) is 9.59 Å². The molecular formula is C26H35NO5. The molecule has 1 saturated carbocycles. The molecule has 0 saturated heterocycles. The Labute approximate surface area is 190 Å². The fourth-order valence-electron chi connectivity index (χ4n) is 4.24. The van der Waals surface area contributed by atoms with Gasteiger partial charge in [0.25, 0.3) is 0 Å². The van der Waals surface area contributed by atoms with Crippen molar-refractivity contribution in [3.8, 4) is 0 Å². The van der Waals surface area contributed by atoms with Crippen LogP contribution in [0, 0.1) is 5.92 Å². The first kappa shape index (κ1) is 24.0. The van der Waals surface area contributed by atoms with Crippen molar-refractivity contribution in [3.63, 3.8) is 0 Å². The van der Waals surface area contributed by atoms with E-state index < -0.39 is 5.60 Å². The molecule has 0 radical (unpaired) electrons. The van der Waals surface area contributed by atoms with Gasteiger partial charge in [-0.05, 0) is 64.4 Å². The van der Waals surface area contributed by atoms with Gasteiger partial charge in [0.15, 0.2) is 0 Å². The van der Waals surface area contributed by atoms with Gasteiger partial charge in [0, 0.05) is 24.3 Å². The average molecular weight is 442 g/mol. The lowest BCUT2D eigenvalue weighted by atomic mass is 9.71. The lowest BCUT2D eigenvalue weighted by Gasteiger charge is -2.33. The van der Waals surface area contributed by atoms with Gasteiger partial charge in [0.05, 0.1) is 19.2 Å². The zero-order valence-corrected chi connectivity index (χ0v) is 19.6. The molecule has 1 aliphatic carbocycles. The minimum atomic E-state index is -0.556. The molecule has 1 heterocycles. The number of carbonyl (C=O) groups excluding carboxylic acids is 2. The number of ether oxygens (including phenoxy) is 2. The standard InChI is InChI=1S/C26H35NO5/c1-26(2,3)31-25(29)16-20(12-13-24(28)30-4)22-17-23(32-27-22)21-14-19(15-21)11-10-18-8-6-5-7-9-18/h5-9,17,19-21H,10-16H2,1-4H3/t19-,20-,21+/m0/s1. The van der Waals surface area contributed by atoms with E-state index in [1.54, 1.807) is 0 Å². The summed E-state index contributed by atoms with van der Waals surface area (Å²) in [6.07, 6.45) is 5.32. The second kappa shape index (κ2) is 10.8. The summed E-state index contributed by atoms with van der Waals surface area (Å²) in [5.41, 5.74) is 1.54. The highest BCUT2D eigenvalue weighted by Crippen LogP contribution is 2.44. The lowest BCUT2D eigenvalue weighted by molar-refractivity contribution is -0.155. The molecule has 0 N–H and O–H groups in total. The van der Waals surface area contributed by atoms with Crippen molar-refractivity contribution in [1.82, 2.24) is 5.16 Å². The van der Waals surface area contributed by atoms with Crippen LogP contribution in [-0.4, -0.2) is 29.8 Å². The summed E-state index contributed by atoms with van der Waals surface area (Å²) in [6.45, 7) is 5.52. The van der Waals surface area contributed by atoms with Crippen LogP contribution in [0.5, 0.6) is 0 Å². The maximum absolute atomic E-state index is 12.4. The molecule has 0 aliphatic heterocycles. The summed E-state index contributed by atoms with van der Waals surface area (Å²) >= 11 is 0. The zero-order valence-electron chi connectivity index (χ0n) is 19.6. The SMILES string of the molecule is COC(=O)CC[C@@H](CC(=O)OC(C)(C)C)c1cc([C@H]2C[C@@H](CCc3ccccc3)C2)on1. The van der Waals surface area contributed by atoms with Crippen molar-refractivity contribution in [2.45, 2.75) is 83.2 Å². The second-order valence-corrected chi connectivity index (χ2v) is 9.82. The summed E-state index contributed by atoms with van der Waals surface area (Å²) in [4.78, 5) is 24.0. The second-order valence-electron chi connectivity index (χ2n) is 9.82. The number of esters is 2. The van der Waals surface area contributed by atoms with Crippen molar-refractivity contribution in [2.24, 2.45) is 5.92 Å². The van der Waals surface area contributed by atoms with Gasteiger partial charge in [-0.25, -0.2) is 0 Å². The fourth-order valence-corrected chi connectivity index (χ4v) is 4.24. The van der Waals surface area contributed by atoms with E-state index in [4.69, 9.17) is 14.0 Å².